The summed E-state index contributed by atoms with van der Waals surface area (Å²) in [6.45, 7) is 3.39. The summed E-state index contributed by atoms with van der Waals surface area (Å²) in [4.78, 5) is 19.8. The summed E-state index contributed by atoms with van der Waals surface area (Å²) in [7, 11) is 0. The van der Waals surface area contributed by atoms with Gasteiger partial charge in [-0.2, -0.15) is 13.2 Å². The molecule has 2 heterocycles. The number of benzene rings is 1. The lowest BCUT2D eigenvalue weighted by atomic mass is 9.97. The number of piperidine rings is 1. The first-order valence-electron chi connectivity index (χ1n) is 10.1. The van der Waals surface area contributed by atoms with Gasteiger partial charge in [0.25, 0.3) is 0 Å². The number of aliphatic hydroxyl groups is 1. The molecule has 0 aromatic heterocycles. The molecule has 2 aliphatic heterocycles. The number of rotatable bonds is 7. The third kappa shape index (κ3) is 6.71. The molecular weight excluding hydrogens is 453 g/mol. The molecule has 2 atom stereocenters. The minimum absolute atomic E-state index is 0.0375. The largest absolute Gasteiger partial charge is 0.416 e. The van der Waals surface area contributed by atoms with Crippen LogP contribution in [0.25, 0.3) is 0 Å². The SMILES string of the molecule is CC(O)(CN1CCC(OCc2ccc(C(F)(F)F)cc2)CC1)C[C@]1(Cl)N=CC([N+](=O)[O-])=N1. The summed E-state index contributed by atoms with van der Waals surface area (Å²) >= 11 is 6.22. The Kier molecular flexibility index (Phi) is 7.23. The molecule has 1 fully saturated rings. The topological polar surface area (TPSA) is 101 Å². The molecule has 1 N–H and O–H groups in total. The maximum Gasteiger partial charge on any atom is 0.416 e. The van der Waals surface area contributed by atoms with Crippen LogP contribution in [0.15, 0.2) is 34.3 Å². The van der Waals surface area contributed by atoms with Gasteiger partial charge in [-0.1, -0.05) is 12.1 Å². The van der Waals surface area contributed by atoms with Gasteiger partial charge < -0.3 is 24.9 Å². The molecule has 1 unspecified atom stereocenters. The number of β-amino-alcohol motifs (C(OH)–C–C–N with tert-alkyl or cyclic N) is 1. The van der Waals surface area contributed by atoms with Crippen LogP contribution in [0.4, 0.5) is 13.2 Å². The molecule has 0 radical (unpaired) electrons. The third-order valence-electron chi connectivity index (χ3n) is 5.32. The Balaban J connectivity index is 1.43. The highest BCUT2D eigenvalue weighted by Gasteiger charge is 2.45. The zero-order chi connectivity index (χ0) is 23.6. The Morgan fingerprint density at radius 3 is 2.47 bits per heavy atom. The lowest BCUT2D eigenvalue weighted by Gasteiger charge is -2.37. The van der Waals surface area contributed by atoms with Gasteiger partial charge in [0.1, 0.15) is 6.21 Å². The normalized spacial score (nSPS) is 24.4. The number of halogens is 4. The molecule has 176 valence electrons. The van der Waals surface area contributed by atoms with Gasteiger partial charge in [-0.25, -0.2) is 4.99 Å². The zero-order valence-corrected chi connectivity index (χ0v) is 18.1. The Bertz CT molecular complexity index is 884. The van der Waals surface area contributed by atoms with Gasteiger partial charge in [0.15, 0.2) is 0 Å². The first-order valence-corrected chi connectivity index (χ1v) is 10.4. The van der Waals surface area contributed by atoms with Crippen LogP contribution >= 0.6 is 11.6 Å². The molecule has 1 aromatic rings. The maximum atomic E-state index is 12.6. The number of likely N-dealkylation sites (tertiary alicyclic amines) is 1. The molecule has 8 nitrogen and oxygen atoms in total. The molecule has 32 heavy (non-hydrogen) atoms. The van der Waals surface area contributed by atoms with Gasteiger partial charge in [0.2, 0.25) is 0 Å². The van der Waals surface area contributed by atoms with Crippen LogP contribution in [0.5, 0.6) is 0 Å². The number of amidine groups is 1. The molecule has 2 aliphatic rings. The number of hydrogen-bond donors (Lipinski definition) is 1. The smallest absolute Gasteiger partial charge is 0.389 e. The van der Waals surface area contributed by atoms with Crippen molar-refractivity contribution >= 4 is 23.7 Å². The quantitative estimate of drug-likeness (QED) is 0.281. The van der Waals surface area contributed by atoms with Crippen LogP contribution < -0.4 is 0 Å². The summed E-state index contributed by atoms with van der Waals surface area (Å²) in [5.74, 6) is -0.443. The van der Waals surface area contributed by atoms with Gasteiger partial charge >= 0.3 is 17.1 Å². The highest BCUT2D eigenvalue weighted by Crippen LogP contribution is 2.33. The fourth-order valence-electron chi connectivity index (χ4n) is 3.82. The number of nitrogens with zero attached hydrogens (tertiary/aromatic N) is 4. The van der Waals surface area contributed by atoms with Crippen molar-refractivity contribution in [3.05, 3.63) is 45.5 Å². The van der Waals surface area contributed by atoms with Crippen molar-refractivity contribution in [2.24, 2.45) is 9.98 Å². The van der Waals surface area contributed by atoms with Crippen molar-refractivity contribution in [2.45, 2.75) is 55.8 Å². The maximum absolute atomic E-state index is 12.6. The molecule has 0 aliphatic carbocycles. The Morgan fingerprint density at radius 2 is 1.94 bits per heavy atom. The average Bonchev–Trinajstić information content (AvgIpc) is 3.08. The molecule has 0 amide bonds. The van der Waals surface area contributed by atoms with Crippen LogP contribution in [0.1, 0.15) is 37.3 Å². The molecule has 0 bridgehead atoms. The van der Waals surface area contributed by atoms with Crippen molar-refractivity contribution < 1.29 is 27.9 Å². The van der Waals surface area contributed by atoms with Gasteiger partial charge in [0, 0.05) is 19.6 Å². The van der Waals surface area contributed by atoms with Crippen molar-refractivity contribution in [3.63, 3.8) is 0 Å². The summed E-state index contributed by atoms with van der Waals surface area (Å²) in [5.41, 5.74) is -1.30. The van der Waals surface area contributed by atoms with E-state index in [0.717, 1.165) is 18.3 Å². The van der Waals surface area contributed by atoms with Gasteiger partial charge in [-0.05, 0) is 59.0 Å². The van der Waals surface area contributed by atoms with Gasteiger partial charge in [-0.3, -0.25) is 0 Å². The second-order valence-electron chi connectivity index (χ2n) is 8.36. The molecule has 1 saturated heterocycles. The van der Waals surface area contributed by atoms with E-state index in [0.29, 0.717) is 31.5 Å². The monoisotopic (exact) mass is 476 g/mol. The second-order valence-corrected chi connectivity index (χ2v) is 8.96. The molecule has 12 heteroatoms. The van der Waals surface area contributed by atoms with Gasteiger partial charge in [0.05, 0.1) is 30.3 Å². The molecule has 0 saturated carbocycles. The van der Waals surface area contributed by atoms with E-state index in [4.69, 9.17) is 16.3 Å². The van der Waals surface area contributed by atoms with E-state index < -0.39 is 33.2 Å². The predicted molar refractivity (Wildman–Crippen MR) is 112 cm³/mol. The lowest BCUT2D eigenvalue weighted by molar-refractivity contribution is -0.345. The lowest BCUT2D eigenvalue weighted by Crippen LogP contribution is -2.47. The molecule has 0 spiro atoms. The van der Waals surface area contributed by atoms with E-state index >= 15 is 0 Å². The number of alkyl halides is 4. The highest BCUT2D eigenvalue weighted by atomic mass is 35.5. The van der Waals surface area contributed by atoms with Crippen LogP contribution in [0.3, 0.4) is 0 Å². The average molecular weight is 477 g/mol. The van der Waals surface area contributed by atoms with E-state index in [2.05, 4.69) is 9.98 Å². The van der Waals surface area contributed by atoms with Gasteiger partial charge in [-0.15, -0.1) is 0 Å². The Labute approximate surface area is 187 Å². The summed E-state index contributed by atoms with van der Waals surface area (Å²) in [6.07, 6.45) is -2.09. The molecule has 1 aromatic carbocycles. The molecular formula is C20H24ClF3N4O4. The number of aliphatic imine (C=N–C) groups is 2. The predicted octanol–water partition coefficient (Wildman–Crippen LogP) is 3.48. The van der Waals surface area contributed by atoms with Crippen LogP contribution in [-0.2, 0) is 17.5 Å². The highest BCUT2D eigenvalue weighted by molar-refractivity contribution is 6.33. The summed E-state index contributed by atoms with van der Waals surface area (Å²) in [5, 5.41) is 20.0. The van der Waals surface area contributed by atoms with E-state index in [1.807, 2.05) is 4.90 Å². The fourth-order valence-corrected chi connectivity index (χ4v) is 4.25. The summed E-state index contributed by atoms with van der Waals surface area (Å²) < 4.78 is 43.7. The number of hydrogen-bond acceptors (Lipinski definition) is 7. The minimum atomic E-state index is -4.36. The number of nitro groups is 1. The van der Waals surface area contributed by atoms with Crippen molar-refractivity contribution in [1.82, 2.24) is 4.90 Å². The van der Waals surface area contributed by atoms with Crippen LogP contribution in [-0.4, -0.2) is 63.4 Å². The van der Waals surface area contributed by atoms with Crippen molar-refractivity contribution in [3.8, 4) is 0 Å². The van der Waals surface area contributed by atoms with Crippen molar-refractivity contribution in [2.75, 3.05) is 19.6 Å². The zero-order valence-electron chi connectivity index (χ0n) is 17.4. The summed E-state index contributed by atoms with van der Waals surface area (Å²) in [6, 6.07) is 4.91. The second kappa shape index (κ2) is 9.42. The van der Waals surface area contributed by atoms with Crippen LogP contribution in [0, 0.1) is 10.1 Å². The first kappa shape index (κ1) is 24.6. The third-order valence-corrected chi connectivity index (χ3v) is 5.64. The fraction of sp³-hybridized carbons (Fsp3) is 0.600. The van der Waals surface area contributed by atoms with E-state index in [1.165, 1.54) is 12.1 Å². The standard InChI is InChI=1S/C20H24ClF3N4O4/c1-18(29,12-19(21)25-10-17(26-19)28(30)31)13-27-8-6-16(7-9-27)32-11-14-2-4-15(5-3-14)20(22,23)24/h2-5,10,16,29H,6-9,11-13H2,1H3/t18?,19-/m0/s1. The van der Waals surface area contributed by atoms with E-state index in [9.17, 15) is 28.4 Å². The first-order chi connectivity index (χ1) is 14.9. The Morgan fingerprint density at radius 1 is 1.31 bits per heavy atom. The molecule has 3 rings (SSSR count). The van der Waals surface area contributed by atoms with E-state index in [1.54, 1.807) is 6.92 Å². The number of ether oxygens (including phenoxy) is 1. The van der Waals surface area contributed by atoms with E-state index in [-0.39, 0.29) is 25.7 Å². The Hall–Kier alpha value is -2.08. The van der Waals surface area contributed by atoms with Crippen LogP contribution in [0.2, 0.25) is 0 Å². The minimum Gasteiger partial charge on any atom is -0.389 e. The van der Waals surface area contributed by atoms with Crippen molar-refractivity contribution in [1.29, 1.82) is 0 Å².